The van der Waals surface area contributed by atoms with Gasteiger partial charge in [-0.05, 0) is 29.3 Å². The molecule has 1 saturated heterocycles. The maximum absolute atomic E-state index is 15.0. The third-order valence-electron chi connectivity index (χ3n) is 5.29. The van der Waals surface area contributed by atoms with Crippen LogP contribution < -0.4 is 10.2 Å². The highest BCUT2D eigenvalue weighted by Crippen LogP contribution is 2.29. The number of benzene rings is 2. The van der Waals surface area contributed by atoms with Crippen LogP contribution >= 0.6 is 23.2 Å². The van der Waals surface area contributed by atoms with Gasteiger partial charge < -0.3 is 10.1 Å². The Labute approximate surface area is 208 Å². The molecule has 2 aromatic carbocycles. The molecule has 3 rings (SSSR count). The number of carbonyl (C=O) groups is 2. The van der Waals surface area contributed by atoms with Crippen molar-refractivity contribution in [2.45, 2.75) is 19.6 Å². The Hall–Kier alpha value is -2.87. The van der Waals surface area contributed by atoms with Crippen LogP contribution in [0.1, 0.15) is 12.5 Å². The summed E-state index contributed by atoms with van der Waals surface area (Å²) in [5.74, 6) is -0.646. The Morgan fingerprint density at radius 2 is 1.85 bits per heavy atom. The summed E-state index contributed by atoms with van der Waals surface area (Å²) < 4.78 is 20.2. The largest absolute Gasteiger partial charge is 0.442 e. The van der Waals surface area contributed by atoms with Gasteiger partial charge in [0.05, 0.1) is 18.8 Å². The van der Waals surface area contributed by atoms with Gasteiger partial charge in [-0.3, -0.25) is 14.6 Å². The lowest BCUT2D eigenvalue weighted by atomic mass is 10.0. The van der Waals surface area contributed by atoms with Crippen molar-refractivity contribution in [3.63, 3.8) is 0 Å². The predicted octanol–water partition coefficient (Wildman–Crippen LogP) is 5.26. The van der Waals surface area contributed by atoms with E-state index in [0.29, 0.717) is 30.9 Å². The first-order valence-corrected chi connectivity index (χ1v) is 11.6. The SMILES string of the molecule is CC(=O)NCC1CN(c2ccc(-c3ccc(CN(CC=CCl)CC=CCl)cc3)c(F)c2)C(=O)O1. The van der Waals surface area contributed by atoms with Crippen LogP contribution in [-0.2, 0) is 16.1 Å². The minimum atomic E-state index is -0.565. The van der Waals surface area contributed by atoms with Gasteiger partial charge in [-0.2, -0.15) is 0 Å². The summed E-state index contributed by atoms with van der Waals surface area (Å²) in [7, 11) is 0. The number of carbonyl (C=O) groups excluding carboxylic acids is 2. The van der Waals surface area contributed by atoms with E-state index in [-0.39, 0.29) is 19.0 Å². The normalized spacial score (nSPS) is 16.1. The minimum absolute atomic E-state index is 0.206. The molecular weight excluding hydrogens is 480 g/mol. The summed E-state index contributed by atoms with van der Waals surface area (Å²) in [6, 6.07) is 12.3. The minimum Gasteiger partial charge on any atom is -0.442 e. The lowest BCUT2D eigenvalue weighted by Crippen LogP contribution is -2.33. The van der Waals surface area contributed by atoms with E-state index in [1.165, 1.54) is 29.0 Å². The van der Waals surface area contributed by atoms with Crippen molar-refractivity contribution in [1.82, 2.24) is 10.2 Å². The predicted molar refractivity (Wildman–Crippen MR) is 133 cm³/mol. The highest BCUT2D eigenvalue weighted by Gasteiger charge is 2.32. The third kappa shape index (κ3) is 7.06. The fourth-order valence-electron chi connectivity index (χ4n) is 3.63. The van der Waals surface area contributed by atoms with Gasteiger partial charge in [-0.25, -0.2) is 9.18 Å². The summed E-state index contributed by atoms with van der Waals surface area (Å²) in [4.78, 5) is 26.8. The molecule has 1 unspecified atom stereocenters. The lowest BCUT2D eigenvalue weighted by molar-refractivity contribution is -0.119. The molecule has 1 heterocycles. The number of hydrogen-bond donors (Lipinski definition) is 1. The molecule has 0 spiro atoms. The first-order chi connectivity index (χ1) is 16.4. The van der Waals surface area contributed by atoms with Crippen LogP contribution in [0.2, 0.25) is 0 Å². The zero-order chi connectivity index (χ0) is 24.5. The summed E-state index contributed by atoms with van der Waals surface area (Å²) in [6.07, 6.45) is 2.66. The average Bonchev–Trinajstić information content (AvgIpc) is 3.20. The smallest absolute Gasteiger partial charge is 0.414 e. The summed E-state index contributed by atoms with van der Waals surface area (Å²) in [5.41, 5.74) is 5.61. The molecule has 2 aromatic rings. The van der Waals surface area contributed by atoms with Crippen LogP contribution in [0.5, 0.6) is 0 Å². The van der Waals surface area contributed by atoms with Gasteiger partial charge in [0, 0.05) is 43.2 Å². The average molecular weight is 506 g/mol. The van der Waals surface area contributed by atoms with Gasteiger partial charge in [0.1, 0.15) is 11.9 Å². The van der Waals surface area contributed by atoms with Crippen molar-refractivity contribution in [1.29, 1.82) is 0 Å². The Kier molecular flexibility index (Phi) is 9.51. The Morgan fingerprint density at radius 1 is 1.18 bits per heavy atom. The molecule has 2 amide bonds. The topological polar surface area (TPSA) is 61.9 Å². The molecule has 180 valence electrons. The number of hydrogen-bond acceptors (Lipinski definition) is 4. The number of ether oxygens (including phenoxy) is 1. The number of cyclic esters (lactones) is 1. The van der Waals surface area contributed by atoms with Gasteiger partial charge in [0.2, 0.25) is 5.91 Å². The summed E-state index contributed by atoms with van der Waals surface area (Å²) in [5, 5.41) is 2.62. The van der Waals surface area contributed by atoms with E-state index in [0.717, 1.165) is 11.1 Å². The quantitative estimate of drug-likeness (QED) is 0.478. The second-order valence-corrected chi connectivity index (χ2v) is 8.34. The maximum Gasteiger partial charge on any atom is 0.414 e. The first kappa shape index (κ1) is 25.7. The van der Waals surface area contributed by atoms with Crippen LogP contribution in [0.15, 0.2) is 65.7 Å². The van der Waals surface area contributed by atoms with Crippen molar-refractivity contribution in [3.8, 4) is 11.1 Å². The monoisotopic (exact) mass is 505 g/mol. The van der Waals surface area contributed by atoms with Crippen molar-refractivity contribution in [3.05, 3.63) is 77.1 Å². The number of anilines is 1. The zero-order valence-corrected chi connectivity index (χ0v) is 20.2. The zero-order valence-electron chi connectivity index (χ0n) is 18.7. The van der Waals surface area contributed by atoms with Crippen molar-refractivity contribution in [2.75, 3.05) is 31.1 Å². The second kappa shape index (κ2) is 12.6. The van der Waals surface area contributed by atoms with Crippen LogP contribution in [0.4, 0.5) is 14.9 Å². The third-order valence-corrected chi connectivity index (χ3v) is 5.65. The highest BCUT2D eigenvalue weighted by atomic mass is 35.5. The van der Waals surface area contributed by atoms with E-state index in [1.54, 1.807) is 12.1 Å². The summed E-state index contributed by atoms with van der Waals surface area (Å²) in [6.45, 7) is 3.87. The number of nitrogens with one attached hydrogen (secondary N) is 1. The van der Waals surface area contributed by atoms with E-state index < -0.39 is 18.0 Å². The van der Waals surface area contributed by atoms with E-state index >= 15 is 0 Å². The van der Waals surface area contributed by atoms with E-state index in [9.17, 15) is 14.0 Å². The molecule has 0 bridgehead atoms. The fourth-order valence-corrected chi connectivity index (χ4v) is 3.79. The Morgan fingerprint density at radius 3 is 2.44 bits per heavy atom. The molecule has 9 heteroatoms. The summed E-state index contributed by atoms with van der Waals surface area (Å²) >= 11 is 11.3. The molecule has 6 nitrogen and oxygen atoms in total. The Balaban J connectivity index is 1.68. The number of rotatable bonds is 10. The van der Waals surface area contributed by atoms with Crippen molar-refractivity contribution >= 4 is 40.9 Å². The molecule has 1 aliphatic rings. The molecule has 34 heavy (non-hydrogen) atoms. The number of nitrogens with zero attached hydrogens (tertiary/aromatic N) is 2. The maximum atomic E-state index is 15.0. The van der Waals surface area contributed by atoms with Gasteiger partial charge >= 0.3 is 6.09 Å². The molecule has 1 fully saturated rings. The lowest BCUT2D eigenvalue weighted by Gasteiger charge is -2.19. The van der Waals surface area contributed by atoms with Crippen LogP contribution in [-0.4, -0.2) is 49.2 Å². The highest BCUT2D eigenvalue weighted by molar-refractivity contribution is 6.25. The van der Waals surface area contributed by atoms with Crippen LogP contribution in [0, 0.1) is 5.82 Å². The number of halogens is 3. The van der Waals surface area contributed by atoms with E-state index in [2.05, 4.69) is 10.2 Å². The first-order valence-electron chi connectivity index (χ1n) is 10.8. The van der Waals surface area contributed by atoms with Crippen molar-refractivity contribution in [2.24, 2.45) is 0 Å². The molecular formula is C25H26Cl2FN3O3. The second-order valence-electron chi connectivity index (χ2n) is 7.83. The molecule has 1 N–H and O–H groups in total. The molecule has 0 aliphatic carbocycles. The van der Waals surface area contributed by atoms with Crippen LogP contribution in [0.25, 0.3) is 11.1 Å². The number of amides is 2. The van der Waals surface area contributed by atoms with E-state index in [4.69, 9.17) is 27.9 Å². The molecule has 1 atom stereocenters. The van der Waals surface area contributed by atoms with Gasteiger partial charge in [0.25, 0.3) is 0 Å². The van der Waals surface area contributed by atoms with Gasteiger partial charge in [-0.15, -0.1) is 0 Å². The fraction of sp³-hybridized carbons (Fsp3) is 0.280. The van der Waals surface area contributed by atoms with Gasteiger partial charge in [0.15, 0.2) is 0 Å². The molecule has 1 aliphatic heterocycles. The van der Waals surface area contributed by atoms with E-state index in [1.807, 2.05) is 36.4 Å². The molecule has 0 saturated carbocycles. The van der Waals surface area contributed by atoms with Crippen molar-refractivity contribution < 1.29 is 18.7 Å². The molecule has 0 radical (unpaired) electrons. The standard InChI is InChI=1S/C25H26Cl2FN3O3/c1-18(32)29-15-22-17-31(25(33)34-22)21-8-9-23(24(28)14-21)20-6-4-19(5-7-20)16-30(12-2-10-26)13-3-11-27/h2-11,14,22H,12-13,15-17H2,1H3,(H,29,32). The Bertz CT molecular complexity index is 1050. The molecule has 0 aromatic heterocycles. The van der Waals surface area contributed by atoms with Gasteiger partial charge in [-0.1, -0.05) is 59.6 Å². The van der Waals surface area contributed by atoms with Crippen LogP contribution in [0.3, 0.4) is 0 Å².